The van der Waals surface area contributed by atoms with Crippen LogP contribution in [0.3, 0.4) is 0 Å². The number of hydrogen-bond donors (Lipinski definition) is 0. The molecule has 0 spiro atoms. The molecule has 4 heteroatoms. The van der Waals surface area contributed by atoms with Crippen molar-refractivity contribution in [3.8, 4) is 11.5 Å². The van der Waals surface area contributed by atoms with E-state index < -0.39 is 0 Å². The molecule has 4 nitrogen and oxygen atoms in total. The number of oxazole rings is 1. The number of aromatic nitrogens is 1. The molecule has 0 unspecified atom stereocenters. The predicted molar refractivity (Wildman–Crippen MR) is 92.6 cm³/mol. The van der Waals surface area contributed by atoms with Gasteiger partial charge in [0.1, 0.15) is 17.7 Å². The van der Waals surface area contributed by atoms with Crippen molar-refractivity contribution in [3.63, 3.8) is 0 Å². The Morgan fingerprint density at radius 2 is 2.21 bits per heavy atom. The quantitative estimate of drug-likeness (QED) is 0.726. The third-order valence-electron chi connectivity index (χ3n) is 4.78. The molecule has 1 aromatic carbocycles. The van der Waals surface area contributed by atoms with E-state index in [9.17, 15) is 4.79 Å². The molecule has 3 rings (SSSR count). The van der Waals surface area contributed by atoms with Crippen molar-refractivity contribution in [1.29, 1.82) is 0 Å². The van der Waals surface area contributed by atoms with E-state index in [0.717, 1.165) is 49.0 Å². The van der Waals surface area contributed by atoms with E-state index in [1.165, 1.54) is 5.56 Å². The summed E-state index contributed by atoms with van der Waals surface area (Å²) in [6.07, 6.45) is 6.22. The largest absolute Gasteiger partial charge is 0.441 e. The van der Waals surface area contributed by atoms with Crippen molar-refractivity contribution in [2.75, 3.05) is 0 Å². The topological polar surface area (TPSA) is 52.3 Å². The Balaban J connectivity index is 1.62. The third kappa shape index (κ3) is 4.12. The van der Waals surface area contributed by atoms with E-state index in [0.29, 0.717) is 24.8 Å². The number of ether oxygens (including phenoxy) is 1. The Morgan fingerprint density at radius 1 is 1.33 bits per heavy atom. The molecule has 2 aromatic rings. The highest BCUT2D eigenvalue weighted by molar-refractivity contribution is 5.54. The van der Waals surface area contributed by atoms with Gasteiger partial charge in [-0.3, -0.25) is 0 Å². The van der Waals surface area contributed by atoms with Crippen LogP contribution in [0.25, 0.3) is 11.5 Å². The minimum Gasteiger partial charge on any atom is -0.441 e. The maximum Gasteiger partial charge on any atom is 0.226 e. The average Bonchev–Trinajstić information content (AvgIpc) is 2.95. The van der Waals surface area contributed by atoms with Gasteiger partial charge < -0.3 is 13.9 Å². The van der Waals surface area contributed by atoms with Gasteiger partial charge in [-0.25, -0.2) is 4.98 Å². The van der Waals surface area contributed by atoms with Crippen LogP contribution in [0.4, 0.5) is 0 Å². The van der Waals surface area contributed by atoms with Gasteiger partial charge in [0.15, 0.2) is 0 Å². The molecule has 24 heavy (non-hydrogen) atoms. The molecule has 0 aliphatic heterocycles. The SMILES string of the molecule is Cc1cccc(-c2nc(CO[C@H]3CCC[C@@H](CC=O)C3)c(C)o2)c1. The van der Waals surface area contributed by atoms with Crippen LogP contribution >= 0.6 is 0 Å². The molecule has 1 aromatic heterocycles. The molecule has 0 radical (unpaired) electrons. The summed E-state index contributed by atoms with van der Waals surface area (Å²) in [5.74, 6) is 1.94. The minimum absolute atomic E-state index is 0.224. The van der Waals surface area contributed by atoms with Crippen LogP contribution in [-0.2, 0) is 16.1 Å². The molecule has 1 fully saturated rings. The van der Waals surface area contributed by atoms with E-state index >= 15 is 0 Å². The Labute approximate surface area is 143 Å². The van der Waals surface area contributed by atoms with Gasteiger partial charge in [-0.1, -0.05) is 24.1 Å². The first-order valence-corrected chi connectivity index (χ1v) is 8.74. The highest BCUT2D eigenvalue weighted by Crippen LogP contribution is 2.29. The Kier molecular flexibility index (Phi) is 5.46. The molecular formula is C20H25NO3. The van der Waals surface area contributed by atoms with Gasteiger partial charge in [-0.15, -0.1) is 0 Å². The Hall–Kier alpha value is -1.94. The van der Waals surface area contributed by atoms with Gasteiger partial charge in [-0.2, -0.15) is 0 Å². The smallest absolute Gasteiger partial charge is 0.226 e. The van der Waals surface area contributed by atoms with Crippen molar-refractivity contribution >= 4 is 6.29 Å². The fourth-order valence-corrected chi connectivity index (χ4v) is 3.40. The van der Waals surface area contributed by atoms with Gasteiger partial charge >= 0.3 is 0 Å². The van der Waals surface area contributed by atoms with E-state index in [2.05, 4.69) is 24.0 Å². The lowest BCUT2D eigenvalue weighted by atomic mass is 9.85. The minimum atomic E-state index is 0.224. The van der Waals surface area contributed by atoms with Crippen LogP contribution in [0.2, 0.25) is 0 Å². The van der Waals surface area contributed by atoms with Crippen LogP contribution in [0.1, 0.15) is 49.1 Å². The summed E-state index contributed by atoms with van der Waals surface area (Å²) in [6.45, 7) is 4.46. The van der Waals surface area contributed by atoms with E-state index in [1.54, 1.807) is 0 Å². The Morgan fingerprint density at radius 3 is 3.00 bits per heavy atom. The third-order valence-corrected chi connectivity index (χ3v) is 4.78. The van der Waals surface area contributed by atoms with Crippen LogP contribution < -0.4 is 0 Å². The molecule has 1 aliphatic carbocycles. The van der Waals surface area contributed by atoms with Crippen LogP contribution in [0.5, 0.6) is 0 Å². The number of carbonyl (C=O) groups excluding carboxylic acids is 1. The second-order valence-corrected chi connectivity index (χ2v) is 6.76. The van der Waals surface area contributed by atoms with E-state index in [1.807, 2.05) is 19.1 Å². The standard InChI is InChI=1S/C20H25NO3/c1-14-5-3-7-17(11-14)20-21-19(15(2)24-20)13-23-18-8-4-6-16(12-18)9-10-22/h3,5,7,10-11,16,18H,4,6,8-9,12-13H2,1-2H3/t16-,18-/m0/s1. The first-order valence-electron chi connectivity index (χ1n) is 8.74. The van der Waals surface area contributed by atoms with E-state index in [-0.39, 0.29) is 6.10 Å². The van der Waals surface area contributed by atoms with E-state index in [4.69, 9.17) is 9.15 Å². The molecule has 128 valence electrons. The maximum absolute atomic E-state index is 10.7. The fourth-order valence-electron chi connectivity index (χ4n) is 3.40. The molecule has 2 atom stereocenters. The first kappa shape index (κ1) is 16.9. The number of aldehydes is 1. The van der Waals surface area contributed by atoms with Crippen molar-refractivity contribution in [1.82, 2.24) is 4.98 Å². The number of hydrogen-bond acceptors (Lipinski definition) is 4. The summed E-state index contributed by atoms with van der Waals surface area (Å²) in [5, 5.41) is 0. The summed E-state index contributed by atoms with van der Waals surface area (Å²) in [4.78, 5) is 15.3. The maximum atomic E-state index is 10.7. The molecule has 1 saturated carbocycles. The Bertz CT molecular complexity index is 692. The van der Waals surface area contributed by atoms with Gasteiger partial charge in [0.05, 0.1) is 12.7 Å². The molecule has 0 saturated heterocycles. The summed E-state index contributed by atoms with van der Waals surface area (Å²) in [6, 6.07) is 8.15. The number of benzene rings is 1. The number of nitrogens with zero attached hydrogens (tertiary/aromatic N) is 1. The lowest BCUT2D eigenvalue weighted by Gasteiger charge is -2.27. The molecule has 0 bridgehead atoms. The highest BCUT2D eigenvalue weighted by atomic mass is 16.5. The first-order chi connectivity index (χ1) is 11.7. The van der Waals surface area contributed by atoms with Crippen molar-refractivity contribution < 1.29 is 13.9 Å². The molecule has 1 heterocycles. The summed E-state index contributed by atoms with van der Waals surface area (Å²) in [7, 11) is 0. The van der Waals surface area contributed by atoms with Crippen molar-refractivity contribution in [2.24, 2.45) is 5.92 Å². The van der Waals surface area contributed by atoms with Crippen LogP contribution in [-0.4, -0.2) is 17.4 Å². The summed E-state index contributed by atoms with van der Waals surface area (Å²) in [5.41, 5.74) is 3.04. The monoisotopic (exact) mass is 327 g/mol. The summed E-state index contributed by atoms with van der Waals surface area (Å²) < 4.78 is 11.9. The van der Waals surface area contributed by atoms with Crippen LogP contribution in [0.15, 0.2) is 28.7 Å². The lowest BCUT2D eigenvalue weighted by Crippen LogP contribution is -2.23. The number of carbonyl (C=O) groups is 1. The number of aryl methyl sites for hydroxylation is 2. The van der Waals surface area contributed by atoms with Crippen LogP contribution in [0, 0.1) is 19.8 Å². The number of rotatable bonds is 6. The predicted octanol–water partition coefficient (Wildman–Crippen LogP) is 4.62. The molecule has 0 N–H and O–H groups in total. The molecular weight excluding hydrogens is 302 g/mol. The second-order valence-electron chi connectivity index (χ2n) is 6.76. The molecule has 0 amide bonds. The second kappa shape index (κ2) is 7.75. The summed E-state index contributed by atoms with van der Waals surface area (Å²) >= 11 is 0. The average molecular weight is 327 g/mol. The lowest BCUT2D eigenvalue weighted by molar-refractivity contribution is -0.109. The van der Waals surface area contributed by atoms with Gasteiger partial charge in [0.2, 0.25) is 5.89 Å². The zero-order valence-electron chi connectivity index (χ0n) is 14.5. The zero-order chi connectivity index (χ0) is 16.9. The van der Waals surface area contributed by atoms with Crippen molar-refractivity contribution in [2.45, 2.75) is 58.7 Å². The van der Waals surface area contributed by atoms with Gasteiger partial charge in [0.25, 0.3) is 0 Å². The van der Waals surface area contributed by atoms with Gasteiger partial charge in [-0.05, 0) is 51.2 Å². The van der Waals surface area contributed by atoms with Crippen molar-refractivity contribution in [3.05, 3.63) is 41.3 Å². The zero-order valence-corrected chi connectivity index (χ0v) is 14.5. The fraction of sp³-hybridized carbons (Fsp3) is 0.500. The normalized spacial score (nSPS) is 20.9. The van der Waals surface area contributed by atoms with Gasteiger partial charge in [0, 0.05) is 12.0 Å². The molecule has 1 aliphatic rings. The highest BCUT2D eigenvalue weighted by Gasteiger charge is 2.23.